The minimum Gasteiger partial charge on any atom is -0.486 e. The third-order valence-electron chi connectivity index (χ3n) is 5.34. The number of anilines is 1. The van der Waals surface area contributed by atoms with E-state index in [-0.39, 0.29) is 18.8 Å². The summed E-state index contributed by atoms with van der Waals surface area (Å²) < 4.78 is 24.1. The second-order valence-electron chi connectivity index (χ2n) is 7.64. The largest absolute Gasteiger partial charge is 0.486 e. The van der Waals surface area contributed by atoms with Crippen molar-refractivity contribution < 1.29 is 23.7 Å². The number of fused-ring (bicyclic) bond motifs is 2. The molecule has 4 heterocycles. The first kappa shape index (κ1) is 19.2. The van der Waals surface area contributed by atoms with Crippen LogP contribution in [0.5, 0.6) is 23.0 Å². The number of hydrogen-bond donors (Lipinski definition) is 2. The molecule has 2 N–H and O–H groups in total. The summed E-state index contributed by atoms with van der Waals surface area (Å²) in [6, 6.07) is 14.8. The summed E-state index contributed by atoms with van der Waals surface area (Å²) in [4.78, 5) is 12.7. The standard InChI is InChI=1S/C23H19N5O5/c29-23(18-8-17(26-27-18)14-5-6-20-22(7-14)32-13-31-20)25-15-9-24-28(10-15)11-16-12-30-19-3-1-2-4-21(19)33-16/h1-10,16H,11-13H2,(H,25,29)(H,26,27). The highest BCUT2D eigenvalue weighted by Crippen LogP contribution is 2.35. The molecule has 1 amide bonds. The summed E-state index contributed by atoms with van der Waals surface area (Å²) in [5.74, 6) is 2.48. The van der Waals surface area contributed by atoms with Crippen LogP contribution >= 0.6 is 0 Å². The number of rotatable bonds is 5. The van der Waals surface area contributed by atoms with Gasteiger partial charge in [0.1, 0.15) is 12.3 Å². The molecule has 2 aliphatic heterocycles. The van der Waals surface area contributed by atoms with Gasteiger partial charge < -0.3 is 24.3 Å². The molecular formula is C23H19N5O5. The van der Waals surface area contributed by atoms with Crippen LogP contribution in [-0.2, 0) is 6.54 Å². The maximum Gasteiger partial charge on any atom is 0.273 e. The van der Waals surface area contributed by atoms with Crippen molar-refractivity contribution in [1.29, 1.82) is 0 Å². The third-order valence-corrected chi connectivity index (χ3v) is 5.34. The summed E-state index contributed by atoms with van der Waals surface area (Å²) in [7, 11) is 0. The zero-order valence-electron chi connectivity index (χ0n) is 17.4. The maximum atomic E-state index is 12.7. The molecule has 2 aromatic carbocycles. The van der Waals surface area contributed by atoms with Crippen molar-refractivity contribution in [3.63, 3.8) is 0 Å². The van der Waals surface area contributed by atoms with E-state index in [1.54, 1.807) is 23.1 Å². The van der Waals surface area contributed by atoms with Gasteiger partial charge in [0.25, 0.3) is 5.91 Å². The van der Waals surface area contributed by atoms with Crippen molar-refractivity contribution in [2.24, 2.45) is 0 Å². The van der Waals surface area contributed by atoms with E-state index in [1.165, 1.54) is 0 Å². The normalized spacial score (nSPS) is 15.9. The zero-order valence-corrected chi connectivity index (χ0v) is 17.4. The van der Waals surface area contributed by atoms with Crippen LogP contribution in [0.25, 0.3) is 11.3 Å². The lowest BCUT2D eigenvalue weighted by molar-refractivity contribution is 0.0759. The fraction of sp³-hybridized carbons (Fsp3) is 0.174. The molecule has 6 rings (SSSR count). The van der Waals surface area contributed by atoms with Gasteiger partial charge in [0.05, 0.1) is 24.1 Å². The van der Waals surface area contributed by atoms with E-state index in [4.69, 9.17) is 18.9 Å². The van der Waals surface area contributed by atoms with E-state index in [1.807, 2.05) is 42.5 Å². The number of hydrogen-bond acceptors (Lipinski definition) is 7. The van der Waals surface area contributed by atoms with Crippen molar-refractivity contribution in [2.75, 3.05) is 18.7 Å². The quantitative estimate of drug-likeness (QED) is 0.485. The van der Waals surface area contributed by atoms with Crippen molar-refractivity contribution in [1.82, 2.24) is 20.0 Å². The Morgan fingerprint density at radius 3 is 2.85 bits per heavy atom. The van der Waals surface area contributed by atoms with Crippen LogP contribution in [0.3, 0.4) is 0 Å². The molecule has 2 aliphatic rings. The maximum absolute atomic E-state index is 12.7. The third kappa shape index (κ3) is 3.82. The minimum atomic E-state index is -0.319. The molecule has 1 unspecified atom stereocenters. The topological polar surface area (TPSA) is 113 Å². The van der Waals surface area contributed by atoms with Crippen LogP contribution in [0.1, 0.15) is 10.5 Å². The Morgan fingerprint density at radius 1 is 1.06 bits per heavy atom. The highest BCUT2D eigenvalue weighted by Gasteiger charge is 2.22. The van der Waals surface area contributed by atoms with Crippen molar-refractivity contribution >= 4 is 11.6 Å². The van der Waals surface area contributed by atoms with Gasteiger partial charge in [-0.1, -0.05) is 12.1 Å². The van der Waals surface area contributed by atoms with Gasteiger partial charge in [-0.2, -0.15) is 10.2 Å². The molecule has 2 aromatic heterocycles. The first-order chi connectivity index (χ1) is 16.2. The number of aromatic nitrogens is 4. The molecule has 0 fully saturated rings. The number of aromatic amines is 1. The Bertz CT molecular complexity index is 1330. The fourth-order valence-electron chi connectivity index (χ4n) is 3.73. The Hall–Kier alpha value is -4.47. The number of benzene rings is 2. The smallest absolute Gasteiger partial charge is 0.273 e. The molecule has 0 bridgehead atoms. The highest BCUT2D eigenvalue weighted by molar-refractivity contribution is 6.03. The number of para-hydroxylation sites is 2. The summed E-state index contributed by atoms with van der Waals surface area (Å²) >= 11 is 0. The SMILES string of the molecule is O=C(Nc1cnn(CC2COc3ccccc3O2)c1)c1cc(-c2ccc3c(c2)OCO3)n[nH]1. The van der Waals surface area contributed by atoms with Crippen LogP contribution in [0.4, 0.5) is 5.69 Å². The number of carbonyl (C=O) groups excluding carboxylic acids is 1. The van der Waals surface area contributed by atoms with Crippen LogP contribution < -0.4 is 24.3 Å². The lowest BCUT2D eigenvalue weighted by atomic mass is 10.1. The molecule has 33 heavy (non-hydrogen) atoms. The Labute approximate surface area is 188 Å². The average Bonchev–Trinajstić information content (AvgIpc) is 3.59. The highest BCUT2D eigenvalue weighted by atomic mass is 16.7. The molecule has 166 valence electrons. The lowest BCUT2D eigenvalue weighted by Gasteiger charge is -2.26. The van der Waals surface area contributed by atoms with Gasteiger partial charge in [-0.05, 0) is 36.4 Å². The predicted molar refractivity (Wildman–Crippen MR) is 117 cm³/mol. The molecule has 0 radical (unpaired) electrons. The number of nitrogens with one attached hydrogen (secondary N) is 2. The molecule has 0 aliphatic carbocycles. The van der Waals surface area contributed by atoms with Gasteiger partial charge in [0, 0.05) is 11.8 Å². The lowest BCUT2D eigenvalue weighted by Crippen LogP contribution is -2.33. The zero-order chi connectivity index (χ0) is 22.2. The fourth-order valence-corrected chi connectivity index (χ4v) is 3.73. The number of ether oxygens (including phenoxy) is 4. The van der Waals surface area contributed by atoms with Gasteiger partial charge in [0.2, 0.25) is 6.79 Å². The molecule has 0 saturated heterocycles. The monoisotopic (exact) mass is 445 g/mol. The van der Waals surface area contributed by atoms with Gasteiger partial charge in [-0.3, -0.25) is 14.6 Å². The second kappa shape index (κ2) is 7.90. The summed E-state index contributed by atoms with van der Waals surface area (Å²) in [6.45, 7) is 1.12. The molecule has 10 nitrogen and oxygen atoms in total. The van der Waals surface area contributed by atoms with Gasteiger partial charge >= 0.3 is 0 Å². The Kier molecular flexibility index (Phi) is 4.60. The van der Waals surface area contributed by atoms with Crippen LogP contribution in [-0.4, -0.2) is 45.4 Å². The summed E-state index contributed by atoms with van der Waals surface area (Å²) in [5, 5.41) is 14.2. The second-order valence-corrected chi connectivity index (χ2v) is 7.64. The van der Waals surface area contributed by atoms with Crippen molar-refractivity contribution in [2.45, 2.75) is 12.6 Å². The molecular weight excluding hydrogens is 426 g/mol. The minimum absolute atomic E-state index is 0.180. The summed E-state index contributed by atoms with van der Waals surface area (Å²) in [6.07, 6.45) is 3.15. The molecule has 0 spiro atoms. The van der Waals surface area contributed by atoms with Crippen LogP contribution in [0, 0.1) is 0 Å². The molecule has 1 atom stereocenters. The van der Waals surface area contributed by atoms with E-state index in [0.717, 1.165) is 11.3 Å². The van der Waals surface area contributed by atoms with E-state index < -0.39 is 0 Å². The van der Waals surface area contributed by atoms with E-state index in [2.05, 4.69) is 20.6 Å². The van der Waals surface area contributed by atoms with Gasteiger partial charge in [-0.25, -0.2) is 0 Å². The van der Waals surface area contributed by atoms with E-state index in [9.17, 15) is 4.79 Å². The van der Waals surface area contributed by atoms with Crippen molar-refractivity contribution in [3.05, 3.63) is 66.6 Å². The number of amides is 1. The number of H-pyrrole nitrogens is 1. The van der Waals surface area contributed by atoms with E-state index in [0.29, 0.717) is 47.5 Å². The number of carbonyl (C=O) groups is 1. The van der Waals surface area contributed by atoms with Crippen molar-refractivity contribution in [3.8, 4) is 34.3 Å². The Balaban J connectivity index is 1.09. The number of nitrogens with zero attached hydrogens (tertiary/aromatic N) is 3. The molecule has 4 aromatic rings. The van der Waals surface area contributed by atoms with Gasteiger partial charge in [0.15, 0.2) is 29.1 Å². The molecule has 0 saturated carbocycles. The average molecular weight is 445 g/mol. The summed E-state index contributed by atoms with van der Waals surface area (Å²) in [5.41, 5.74) is 2.34. The van der Waals surface area contributed by atoms with Gasteiger partial charge in [-0.15, -0.1) is 0 Å². The molecule has 10 heteroatoms. The van der Waals surface area contributed by atoms with E-state index >= 15 is 0 Å². The predicted octanol–water partition coefficient (Wildman–Crippen LogP) is 3.09. The first-order valence-corrected chi connectivity index (χ1v) is 10.4. The first-order valence-electron chi connectivity index (χ1n) is 10.4. The van der Waals surface area contributed by atoms with Crippen LogP contribution in [0.15, 0.2) is 60.9 Å². The van der Waals surface area contributed by atoms with Crippen LogP contribution in [0.2, 0.25) is 0 Å². The Morgan fingerprint density at radius 2 is 1.91 bits per heavy atom.